The third kappa shape index (κ3) is 6.93. The van der Waals surface area contributed by atoms with Gasteiger partial charge in [-0.2, -0.15) is 0 Å². The van der Waals surface area contributed by atoms with Crippen molar-refractivity contribution in [1.29, 1.82) is 0 Å². The van der Waals surface area contributed by atoms with Crippen LogP contribution in [0.1, 0.15) is 51.4 Å². The Bertz CT molecular complexity index is 719. The number of anilines is 2. The van der Waals surface area contributed by atoms with Crippen molar-refractivity contribution in [3.63, 3.8) is 0 Å². The molecule has 0 saturated carbocycles. The number of rotatable bonds is 10. The maximum atomic E-state index is 13.1. The van der Waals surface area contributed by atoms with Crippen molar-refractivity contribution in [2.45, 2.75) is 57.3 Å². The molecule has 2 aliphatic heterocycles. The number of amides is 3. The van der Waals surface area contributed by atoms with E-state index in [4.69, 9.17) is 0 Å². The Labute approximate surface area is 177 Å². The highest BCUT2D eigenvalue weighted by molar-refractivity contribution is 6.05. The predicted molar refractivity (Wildman–Crippen MR) is 114 cm³/mol. The summed E-state index contributed by atoms with van der Waals surface area (Å²) in [5.74, 6) is -2.69. The molecule has 0 unspecified atom stereocenters. The molecule has 3 amide bonds. The zero-order chi connectivity index (χ0) is 21.4. The molecule has 1 aromatic rings. The summed E-state index contributed by atoms with van der Waals surface area (Å²) >= 11 is 0. The van der Waals surface area contributed by atoms with Crippen LogP contribution in [0.3, 0.4) is 0 Å². The fourth-order valence-corrected chi connectivity index (χ4v) is 3.92. The van der Waals surface area contributed by atoms with Gasteiger partial charge in [0.25, 0.3) is 5.92 Å². The Morgan fingerprint density at radius 1 is 1.00 bits per heavy atom. The number of unbranched alkanes of at least 4 members (excludes halogenated alkanes) is 4. The van der Waals surface area contributed by atoms with E-state index in [1.165, 1.54) is 0 Å². The van der Waals surface area contributed by atoms with Gasteiger partial charge in [0, 0.05) is 56.8 Å². The summed E-state index contributed by atoms with van der Waals surface area (Å²) in [5.41, 5.74) is 1.74. The lowest BCUT2D eigenvalue weighted by Gasteiger charge is -2.31. The zero-order valence-corrected chi connectivity index (χ0v) is 17.5. The number of hydrogen-bond acceptors (Lipinski definition) is 4. The Hall–Kier alpha value is -2.22. The van der Waals surface area contributed by atoms with Crippen molar-refractivity contribution in [2.75, 3.05) is 42.9 Å². The summed E-state index contributed by atoms with van der Waals surface area (Å²) < 4.78 is 26.3. The van der Waals surface area contributed by atoms with Crippen LogP contribution in [0.15, 0.2) is 24.3 Å². The first kappa shape index (κ1) is 22.5. The number of benzene rings is 1. The van der Waals surface area contributed by atoms with Crippen molar-refractivity contribution in [2.24, 2.45) is 0 Å². The molecule has 2 heterocycles. The molecule has 6 nitrogen and oxygen atoms in total. The number of halogens is 2. The average Bonchev–Trinajstić information content (AvgIpc) is 2.71. The molecule has 0 radical (unpaired) electrons. The van der Waals surface area contributed by atoms with E-state index in [9.17, 15) is 18.4 Å². The fourth-order valence-electron chi connectivity index (χ4n) is 3.92. The van der Waals surface area contributed by atoms with Crippen molar-refractivity contribution in [1.82, 2.24) is 10.2 Å². The van der Waals surface area contributed by atoms with E-state index in [2.05, 4.69) is 15.5 Å². The number of carbonyl (C=O) groups is 2. The van der Waals surface area contributed by atoms with Crippen molar-refractivity contribution in [3.05, 3.63) is 24.3 Å². The standard InChI is InChI=1S/C22H32F2N4O2/c23-22(24)10-15-27(16-11-22)13-5-3-1-2-4-12-25-18-7-6-8-19(17-18)28-14-9-20(29)26-21(28)30/h6-8,17,25H,1-5,9-16H2,(H,26,29,30). The molecule has 0 aromatic heterocycles. The molecule has 0 atom stereocenters. The third-order valence-electron chi connectivity index (χ3n) is 5.78. The number of piperidine rings is 1. The quantitative estimate of drug-likeness (QED) is 0.554. The van der Waals surface area contributed by atoms with E-state index < -0.39 is 5.92 Å². The van der Waals surface area contributed by atoms with E-state index >= 15 is 0 Å². The summed E-state index contributed by atoms with van der Waals surface area (Å²) in [6.07, 6.45) is 5.84. The van der Waals surface area contributed by atoms with Gasteiger partial charge >= 0.3 is 6.03 Å². The normalized spacial score (nSPS) is 19.6. The lowest BCUT2D eigenvalue weighted by atomic mass is 10.1. The number of nitrogens with one attached hydrogen (secondary N) is 2. The first-order chi connectivity index (χ1) is 14.4. The molecule has 30 heavy (non-hydrogen) atoms. The molecular formula is C22H32F2N4O2. The number of hydrogen-bond donors (Lipinski definition) is 2. The van der Waals surface area contributed by atoms with Crippen LogP contribution in [0.5, 0.6) is 0 Å². The minimum Gasteiger partial charge on any atom is -0.385 e. The molecule has 2 N–H and O–H groups in total. The van der Waals surface area contributed by atoms with Crippen molar-refractivity contribution in [3.8, 4) is 0 Å². The molecule has 166 valence electrons. The number of imide groups is 1. The van der Waals surface area contributed by atoms with Gasteiger partial charge in [-0.1, -0.05) is 25.3 Å². The zero-order valence-electron chi connectivity index (χ0n) is 17.5. The first-order valence-electron chi connectivity index (χ1n) is 11.0. The topological polar surface area (TPSA) is 64.7 Å². The highest BCUT2D eigenvalue weighted by Gasteiger charge is 2.33. The molecule has 8 heteroatoms. The van der Waals surface area contributed by atoms with Gasteiger partial charge in [-0.05, 0) is 37.6 Å². The lowest BCUT2D eigenvalue weighted by Crippen LogP contribution is -2.49. The van der Waals surface area contributed by atoms with E-state index in [1.807, 2.05) is 24.3 Å². The SMILES string of the molecule is O=C1CCN(c2cccc(NCCCCCCCN3CCC(F)(F)CC3)c2)C(=O)N1. The van der Waals surface area contributed by atoms with E-state index in [1.54, 1.807) is 4.90 Å². The molecular weight excluding hydrogens is 390 g/mol. The number of nitrogens with zero attached hydrogens (tertiary/aromatic N) is 2. The molecule has 0 spiro atoms. The largest absolute Gasteiger partial charge is 0.385 e. The average molecular weight is 423 g/mol. The van der Waals surface area contributed by atoms with Gasteiger partial charge < -0.3 is 10.2 Å². The molecule has 0 aliphatic carbocycles. The van der Waals surface area contributed by atoms with E-state index in [0.29, 0.717) is 26.1 Å². The minimum atomic E-state index is -2.46. The predicted octanol–water partition coefficient (Wildman–Crippen LogP) is 4.23. The highest BCUT2D eigenvalue weighted by atomic mass is 19.3. The number of alkyl halides is 2. The van der Waals surface area contributed by atoms with Gasteiger partial charge in [0.15, 0.2) is 0 Å². The molecule has 2 fully saturated rings. The fraction of sp³-hybridized carbons (Fsp3) is 0.636. The summed E-state index contributed by atoms with van der Waals surface area (Å²) in [4.78, 5) is 27.0. The second-order valence-electron chi connectivity index (χ2n) is 8.20. The van der Waals surface area contributed by atoms with E-state index in [-0.39, 0.29) is 24.8 Å². The highest BCUT2D eigenvalue weighted by Crippen LogP contribution is 2.27. The van der Waals surface area contributed by atoms with Crippen LogP contribution in [-0.2, 0) is 4.79 Å². The Kier molecular flexibility index (Phi) is 8.01. The van der Waals surface area contributed by atoms with Gasteiger partial charge in [0.2, 0.25) is 5.91 Å². The van der Waals surface area contributed by atoms with Gasteiger partial charge in [0.05, 0.1) is 0 Å². The second kappa shape index (κ2) is 10.7. The van der Waals surface area contributed by atoms with Gasteiger partial charge in [0.1, 0.15) is 0 Å². The maximum absolute atomic E-state index is 13.1. The van der Waals surface area contributed by atoms with Gasteiger partial charge in [-0.15, -0.1) is 0 Å². The summed E-state index contributed by atoms with van der Waals surface area (Å²) in [6.45, 7) is 3.22. The number of likely N-dealkylation sites (tertiary alicyclic amines) is 1. The van der Waals surface area contributed by atoms with Crippen LogP contribution >= 0.6 is 0 Å². The van der Waals surface area contributed by atoms with E-state index in [0.717, 1.165) is 56.6 Å². The van der Waals surface area contributed by atoms with Crippen molar-refractivity contribution < 1.29 is 18.4 Å². The Balaban J connectivity index is 1.26. The second-order valence-corrected chi connectivity index (χ2v) is 8.20. The van der Waals surface area contributed by atoms with Crippen LogP contribution < -0.4 is 15.5 Å². The summed E-state index contributed by atoms with van der Waals surface area (Å²) in [6, 6.07) is 7.29. The van der Waals surface area contributed by atoms with Crippen LogP contribution in [0.4, 0.5) is 25.0 Å². The minimum absolute atomic E-state index is 0.000423. The molecule has 2 saturated heterocycles. The van der Waals surface area contributed by atoms with Crippen LogP contribution in [0.25, 0.3) is 0 Å². The number of carbonyl (C=O) groups excluding carboxylic acids is 2. The van der Waals surface area contributed by atoms with Crippen molar-refractivity contribution >= 4 is 23.3 Å². The molecule has 1 aromatic carbocycles. The Morgan fingerprint density at radius 2 is 1.73 bits per heavy atom. The maximum Gasteiger partial charge on any atom is 0.328 e. The van der Waals surface area contributed by atoms with Gasteiger partial charge in [-0.3, -0.25) is 15.0 Å². The molecule has 2 aliphatic rings. The first-order valence-corrected chi connectivity index (χ1v) is 11.0. The molecule has 0 bridgehead atoms. The number of urea groups is 1. The van der Waals surface area contributed by atoms with Crippen LogP contribution in [0.2, 0.25) is 0 Å². The summed E-state index contributed by atoms with van der Waals surface area (Å²) in [7, 11) is 0. The molecule has 3 rings (SSSR count). The van der Waals surface area contributed by atoms with Gasteiger partial charge in [-0.25, -0.2) is 13.6 Å². The monoisotopic (exact) mass is 422 g/mol. The Morgan fingerprint density at radius 3 is 2.50 bits per heavy atom. The van der Waals surface area contributed by atoms with Crippen LogP contribution in [0, 0.1) is 0 Å². The van der Waals surface area contributed by atoms with Crippen LogP contribution in [-0.4, -0.2) is 55.5 Å². The third-order valence-corrected chi connectivity index (χ3v) is 5.78. The lowest BCUT2D eigenvalue weighted by molar-refractivity contribution is -0.120. The smallest absolute Gasteiger partial charge is 0.328 e. The summed E-state index contributed by atoms with van der Waals surface area (Å²) in [5, 5.41) is 5.73.